The van der Waals surface area contributed by atoms with Crippen LogP contribution in [0.3, 0.4) is 0 Å². The zero-order chi connectivity index (χ0) is 16.9. The lowest BCUT2D eigenvalue weighted by Crippen LogP contribution is -2.31. The first-order valence-corrected chi connectivity index (χ1v) is 8.38. The second-order valence-electron chi connectivity index (χ2n) is 7.53. The molecular weight excluding hydrogens is 300 g/mol. The molecule has 4 nitrogen and oxygen atoms in total. The minimum Gasteiger partial charge on any atom is -0.464 e. The van der Waals surface area contributed by atoms with E-state index in [0.29, 0.717) is 6.42 Å². The van der Waals surface area contributed by atoms with Crippen molar-refractivity contribution in [2.45, 2.75) is 39.7 Å². The SMILES string of the molecule is Cc1ccc([C@H]2Nc3ccccc3NC3=C2C(=O)CC(C)(C)C3)o1. The van der Waals surface area contributed by atoms with E-state index in [1.165, 1.54) is 0 Å². The molecule has 1 aromatic carbocycles. The van der Waals surface area contributed by atoms with E-state index >= 15 is 0 Å². The van der Waals surface area contributed by atoms with Crippen molar-refractivity contribution < 1.29 is 9.21 Å². The van der Waals surface area contributed by atoms with Gasteiger partial charge in [-0.15, -0.1) is 0 Å². The van der Waals surface area contributed by atoms with Gasteiger partial charge in [0.25, 0.3) is 0 Å². The number of para-hydroxylation sites is 2. The average molecular weight is 322 g/mol. The highest BCUT2D eigenvalue weighted by atomic mass is 16.3. The predicted octanol–water partition coefficient (Wildman–Crippen LogP) is 4.81. The molecule has 0 amide bonds. The second kappa shape index (κ2) is 5.26. The molecule has 1 aromatic heterocycles. The summed E-state index contributed by atoms with van der Waals surface area (Å²) in [6.45, 7) is 6.22. The van der Waals surface area contributed by atoms with Crippen LogP contribution in [-0.4, -0.2) is 5.78 Å². The first kappa shape index (κ1) is 15.1. The number of ketones is 1. The Balaban J connectivity index is 1.88. The van der Waals surface area contributed by atoms with Crippen LogP contribution in [0.15, 0.2) is 52.1 Å². The van der Waals surface area contributed by atoms with Crippen LogP contribution >= 0.6 is 0 Å². The quantitative estimate of drug-likeness (QED) is 0.791. The van der Waals surface area contributed by atoms with E-state index in [9.17, 15) is 4.79 Å². The predicted molar refractivity (Wildman–Crippen MR) is 94.9 cm³/mol. The molecule has 2 N–H and O–H groups in total. The number of hydrogen-bond donors (Lipinski definition) is 2. The van der Waals surface area contributed by atoms with Gasteiger partial charge in [0, 0.05) is 17.7 Å². The molecule has 1 aliphatic carbocycles. The first-order valence-electron chi connectivity index (χ1n) is 8.38. The van der Waals surface area contributed by atoms with Gasteiger partial charge < -0.3 is 15.1 Å². The number of rotatable bonds is 1. The Hall–Kier alpha value is -2.49. The van der Waals surface area contributed by atoms with Crippen LogP contribution in [0.2, 0.25) is 0 Å². The van der Waals surface area contributed by atoms with Crippen LogP contribution in [0.4, 0.5) is 11.4 Å². The molecule has 1 atom stereocenters. The van der Waals surface area contributed by atoms with Gasteiger partial charge in [-0.25, -0.2) is 0 Å². The molecule has 0 spiro atoms. The van der Waals surface area contributed by atoms with Gasteiger partial charge in [-0.3, -0.25) is 4.79 Å². The number of nitrogens with one attached hydrogen (secondary N) is 2. The third-order valence-electron chi connectivity index (χ3n) is 4.77. The minimum atomic E-state index is -0.256. The fraction of sp³-hybridized carbons (Fsp3) is 0.350. The van der Waals surface area contributed by atoms with Crippen molar-refractivity contribution in [1.82, 2.24) is 0 Å². The maximum Gasteiger partial charge on any atom is 0.163 e. The van der Waals surface area contributed by atoms with Crippen LogP contribution in [0.25, 0.3) is 0 Å². The molecule has 0 bridgehead atoms. The lowest BCUT2D eigenvalue weighted by atomic mass is 9.74. The van der Waals surface area contributed by atoms with Crippen LogP contribution in [-0.2, 0) is 4.79 Å². The molecule has 124 valence electrons. The standard InChI is InChI=1S/C20H22N2O2/c1-12-8-9-17(24-12)19-18-15(10-20(2,3)11-16(18)23)21-13-6-4-5-7-14(13)22-19/h4-9,19,21-22H,10-11H2,1-3H3/t19-/m1/s1. The smallest absolute Gasteiger partial charge is 0.163 e. The average Bonchev–Trinajstić information content (AvgIpc) is 2.85. The number of carbonyl (C=O) groups excluding carboxylic acids is 1. The fourth-order valence-corrected chi connectivity index (χ4v) is 3.71. The summed E-state index contributed by atoms with van der Waals surface area (Å²) in [5.41, 5.74) is 3.76. The van der Waals surface area contributed by atoms with Gasteiger partial charge in [-0.1, -0.05) is 26.0 Å². The van der Waals surface area contributed by atoms with Gasteiger partial charge in [0.2, 0.25) is 0 Å². The lowest BCUT2D eigenvalue weighted by molar-refractivity contribution is -0.118. The Bertz CT molecular complexity index is 845. The van der Waals surface area contributed by atoms with E-state index in [1.54, 1.807) is 0 Å². The molecule has 2 heterocycles. The van der Waals surface area contributed by atoms with Crippen molar-refractivity contribution >= 4 is 17.2 Å². The lowest BCUT2D eigenvalue weighted by Gasteiger charge is -2.33. The summed E-state index contributed by atoms with van der Waals surface area (Å²) in [4.78, 5) is 13.0. The number of allylic oxidation sites excluding steroid dienone is 1. The van der Waals surface area contributed by atoms with Crippen molar-refractivity contribution in [2.75, 3.05) is 10.6 Å². The number of aryl methyl sites for hydroxylation is 1. The van der Waals surface area contributed by atoms with Gasteiger partial charge in [-0.05, 0) is 43.0 Å². The number of furan rings is 1. The van der Waals surface area contributed by atoms with Gasteiger partial charge in [0.1, 0.15) is 17.6 Å². The molecule has 0 unspecified atom stereocenters. The second-order valence-corrected chi connectivity index (χ2v) is 7.53. The van der Waals surface area contributed by atoms with E-state index in [0.717, 1.165) is 40.6 Å². The Labute approximate surface area is 141 Å². The number of benzene rings is 1. The topological polar surface area (TPSA) is 54.3 Å². The number of carbonyl (C=O) groups is 1. The molecule has 0 saturated carbocycles. The van der Waals surface area contributed by atoms with Crippen molar-refractivity contribution in [3.8, 4) is 0 Å². The van der Waals surface area contributed by atoms with E-state index in [4.69, 9.17) is 4.42 Å². The van der Waals surface area contributed by atoms with Crippen LogP contribution < -0.4 is 10.6 Å². The molecule has 2 aromatic rings. The molecule has 0 saturated heterocycles. The summed E-state index contributed by atoms with van der Waals surface area (Å²) in [7, 11) is 0. The summed E-state index contributed by atoms with van der Waals surface area (Å²) in [5.74, 6) is 1.82. The van der Waals surface area contributed by atoms with E-state index in [1.807, 2.05) is 43.3 Å². The molecule has 24 heavy (non-hydrogen) atoms. The maximum absolute atomic E-state index is 13.0. The summed E-state index contributed by atoms with van der Waals surface area (Å²) < 4.78 is 5.87. The first-order chi connectivity index (χ1) is 11.4. The molecule has 0 fully saturated rings. The van der Waals surface area contributed by atoms with Gasteiger partial charge in [-0.2, -0.15) is 0 Å². The Kier molecular flexibility index (Phi) is 3.30. The van der Waals surface area contributed by atoms with E-state index in [-0.39, 0.29) is 17.2 Å². The molecule has 4 heteroatoms. The van der Waals surface area contributed by atoms with Gasteiger partial charge in [0.05, 0.1) is 11.4 Å². The van der Waals surface area contributed by atoms with Crippen LogP contribution in [0, 0.1) is 12.3 Å². The van der Waals surface area contributed by atoms with Gasteiger partial charge in [0.15, 0.2) is 5.78 Å². The van der Waals surface area contributed by atoms with Crippen LogP contribution in [0.1, 0.15) is 44.3 Å². The number of anilines is 2. The van der Waals surface area contributed by atoms with Crippen molar-refractivity contribution in [3.05, 3.63) is 59.2 Å². The Morgan fingerprint density at radius 3 is 2.54 bits per heavy atom. The highest BCUT2D eigenvalue weighted by Crippen LogP contribution is 2.45. The highest BCUT2D eigenvalue weighted by molar-refractivity contribution is 6.00. The summed E-state index contributed by atoms with van der Waals surface area (Å²) in [5, 5.41) is 7.02. The number of Topliss-reactive ketones (excluding diaryl/α,β-unsaturated/α-hetero) is 1. The molecule has 2 aliphatic rings. The highest BCUT2D eigenvalue weighted by Gasteiger charge is 2.39. The third kappa shape index (κ3) is 2.52. The zero-order valence-corrected chi connectivity index (χ0v) is 14.3. The molecule has 4 rings (SSSR count). The summed E-state index contributed by atoms with van der Waals surface area (Å²) >= 11 is 0. The molecular formula is C20H22N2O2. The molecule has 0 radical (unpaired) electrons. The van der Waals surface area contributed by atoms with Crippen LogP contribution in [0.5, 0.6) is 0 Å². The maximum atomic E-state index is 13.0. The van der Waals surface area contributed by atoms with Crippen molar-refractivity contribution in [1.29, 1.82) is 0 Å². The third-order valence-corrected chi connectivity index (χ3v) is 4.77. The number of hydrogen-bond acceptors (Lipinski definition) is 4. The fourth-order valence-electron chi connectivity index (χ4n) is 3.71. The van der Waals surface area contributed by atoms with Crippen molar-refractivity contribution in [2.24, 2.45) is 5.41 Å². The van der Waals surface area contributed by atoms with Gasteiger partial charge >= 0.3 is 0 Å². The van der Waals surface area contributed by atoms with Crippen molar-refractivity contribution in [3.63, 3.8) is 0 Å². The van der Waals surface area contributed by atoms with E-state index < -0.39 is 0 Å². The Morgan fingerprint density at radius 1 is 1.08 bits per heavy atom. The monoisotopic (exact) mass is 322 g/mol. The zero-order valence-electron chi connectivity index (χ0n) is 14.3. The summed E-state index contributed by atoms with van der Waals surface area (Å²) in [6.07, 6.45) is 1.40. The largest absolute Gasteiger partial charge is 0.464 e. The summed E-state index contributed by atoms with van der Waals surface area (Å²) in [6, 6.07) is 11.7. The number of fused-ring (bicyclic) bond motifs is 1. The molecule has 1 aliphatic heterocycles. The normalized spacial score (nSPS) is 22.1. The Morgan fingerprint density at radius 2 is 1.83 bits per heavy atom. The minimum absolute atomic E-state index is 0.0359. The van der Waals surface area contributed by atoms with E-state index in [2.05, 4.69) is 24.5 Å².